The zero-order valence-corrected chi connectivity index (χ0v) is 11.0. The summed E-state index contributed by atoms with van der Waals surface area (Å²) in [7, 11) is 0. The minimum Gasteiger partial charge on any atom is -0.342 e. The van der Waals surface area contributed by atoms with Gasteiger partial charge in [-0.3, -0.25) is 0 Å². The minimum absolute atomic E-state index is 0.668. The second-order valence-electron chi connectivity index (χ2n) is 4.26. The molecule has 18 heavy (non-hydrogen) atoms. The van der Waals surface area contributed by atoms with Crippen molar-refractivity contribution in [2.45, 2.75) is 39.8 Å². The fourth-order valence-electron chi connectivity index (χ4n) is 1.84. The predicted molar refractivity (Wildman–Crippen MR) is 69.2 cm³/mol. The van der Waals surface area contributed by atoms with Gasteiger partial charge < -0.3 is 14.4 Å². The quantitative estimate of drug-likeness (QED) is 0.814. The lowest BCUT2D eigenvalue weighted by molar-refractivity contribution is 0.371. The van der Waals surface area contributed by atoms with Crippen LogP contribution in [-0.2, 0) is 19.5 Å². The molecule has 0 atom stereocenters. The molecule has 5 nitrogen and oxygen atoms in total. The third-order valence-electron chi connectivity index (χ3n) is 2.77. The molecule has 0 unspecified atom stereocenters. The highest BCUT2D eigenvalue weighted by Crippen LogP contribution is 2.07. The van der Waals surface area contributed by atoms with Gasteiger partial charge in [-0.1, -0.05) is 19.0 Å². The zero-order chi connectivity index (χ0) is 12.8. The predicted octanol–water partition coefficient (Wildman–Crippen LogP) is 1.98. The highest BCUT2D eigenvalue weighted by atomic mass is 16.5. The van der Waals surface area contributed by atoms with Crippen molar-refractivity contribution in [3.05, 3.63) is 35.7 Å². The largest absolute Gasteiger partial charge is 0.342 e. The number of hydrogen-bond acceptors (Lipinski definition) is 4. The third-order valence-corrected chi connectivity index (χ3v) is 2.77. The summed E-state index contributed by atoms with van der Waals surface area (Å²) in [5, 5.41) is 7.32. The smallest absolute Gasteiger partial charge is 0.226 e. The number of aromatic nitrogens is 3. The van der Waals surface area contributed by atoms with E-state index < -0.39 is 0 Å². The first-order valence-corrected chi connectivity index (χ1v) is 6.49. The normalized spacial score (nSPS) is 11.0. The average molecular weight is 248 g/mol. The molecule has 2 aromatic heterocycles. The molecule has 5 heteroatoms. The number of nitrogens with one attached hydrogen (secondary N) is 1. The Kier molecular flexibility index (Phi) is 4.52. The van der Waals surface area contributed by atoms with Crippen LogP contribution in [0.25, 0.3) is 0 Å². The van der Waals surface area contributed by atoms with E-state index in [1.165, 1.54) is 5.69 Å². The van der Waals surface area contributed by atoms with E-state index in [2.05, 4.69) is 39.9 Å². The summed E-state index contributed by atoms with van der Waals surface area (Å²) in [6.07, 6.45) is 3.92. The molecule has 0 aromatic carbocycles. The van der Waals surface area contributed by atoms with Crippen LogP contribution in [0.3, 0.4) is 0 Å². The van der Waals surface area contributed by atoms with Crippen molar-refractivity contribution >= 4 is 0 Å². The van der Waals surface area contributed by atoms with E-state index in [1.54, 1.807) is 0 Å². The summed E-state index contributed by atoms with van der Waals surface area (Å²) in [6, 6.07) is 4.15. The Hall–Kier alpha value is -1.62. The van der Waals surface area contributed by atoms with Gasteiger partial charge in [-0.25, -0.2) is 0 Å². The Morgan fingerprint density at radius 1 is 1.39 bits per heavy atom. The van der Waals surface area contributed by atoms with E-state index in [9.17, 15) is 0 Å². The first-order valence-electron chi connectivity index (χ1n) is 6.49. The molecule has 0 saturated heterocycles. The molecule has 0 spiro atoms. The Morgan fingerprint density at radius 2 is 2.28 bits per heavy atom. The zero-order valence-electron chi connectivity index (χ0n) is 11.0. The standard InChI is InChI=1S/C13H20N4O/c1-3-6-13-15-12(16-18-13)10-17-8-5-7-11(17)9-14-4-2/h5,7-8,14H,3-4,6,9-10H2,1-2H3. The van der Waals surface area contributed by atoms with Crippen molar-refractivity contribution in [2.24, 2.45) is 0 Å². The molecule has 0 saturated carbocycles. The fraction of sp³-hybridized carbons (Fsp3) is 0.538. The Balaban J connectivity index is 2.01. The highest BCUT2D eigenvalue weighted by Gasteiger charge is 2.07. The average Bonchev–Trinajstić information content (AvgIpc) is 2.98. The van der Waals surface area contributed by atoms with Gasteiger partial charge in [0.2, 0.25) is 5.89 Å². The van der Waals surface area contributed by atoms with Gasteiger partial charge in [-0.2, -0.15) is 4.98 Å². The fourth-order valence-corrected chi connectivity index (χ4v) is 1.84. The molecule has 98 valence electrons. The lowest BCUT2D eigenvalue weighted by Crippen LogP contribution is -2.15. The maximum Gasteiger partial charge on any atom is 0.226 e. The van der Waals surface area contributed by atoms with Gasteiger partial charge in [0.15, 0.2) is 5.82 Å². The van der Waals surface area contributed by atoms with Gasteiger partial charge in [-0.15, -0.1) is 0 Å². The van der Waals surface area contributed by atoms with E-state index in [-0.39, 0.29) is 0 Å². The molecule has 1 N–H and O–H groups in total. The van der Waals surface area contributed by atoms with Crippen LogP contribution in [0.1, 0.15) is 37.7 Å². The second kappa shape index (κ2) is 6.35. The van der Waals surface area contributed by atoms with Crippen LogP contribution in [0.5, 0.6) is 0 Å². The topological polar surface area (TPSA) is 55.9 Å². The van der Waals surface area contributed by atoms with Crippen molar-refractivity contribution in [2.75, 3.05) is 6.54 Å². The molecule has 0 aliphatic carbocycles. The van der Waals surface area contributed by atoms with Crippen LogP contribution < -0.4 is 5.32 Å². The van der Waals surface area contributed by atoms with Crippen LogP contribution in [0.15, 0.2) is 22.9 Å². The molecule has 0 radical (unpaired) electrons. The molecule has 2 heterocycles. The molecule has 0 aliphatic rings. The molecule has 0 fully saturated rings. The van der Waals surface area contributed by atoms with Gasteiger partial charge in [0, 0.05) is 24.9 Å². The van der Waals surface area contributed by atoms with Crippen molar-refractivity contribution in [1.29, 1.82) is 0 Å². The first-order chi connectivity index (χ1) is 8.83. The molecule has 0 bridgehead atoms. The van der Waals surface area contributed by atoms with Crippen molar-refractivity contribution in [3.63, 3.8) is 0 Å². The van der Waals surface area contributed by atoms with E-state index in [0.29, 0.717) is 6.54 Å². The first kappa shape index (κ1) is 12.8. The summed E-state index contributed by atoms with van der Waals surface area (Å²) >= 11 is 0. The number of hydrogen-bond donors (Lipinski definition) is 1. The van der Waals surface area contributed by atoms with Gasteiger partial charge in [0.25, 0.3) is 0 Å². The third kappa shape index (κ3) is 3.20. The summed E-state index contributed by atoms with van der Waals surface area (Å²) in [5.74, 6) is 1.47. The Morgan fingerprint density at radius 3 is 3.06 bits per heavy atom. The molecule has 2 rings (SSSR count). The van der Waals surface area contributed by atoms with Crippen molar-refractivity contribution in [3.8, 4) is 0 Å². The van der Waals surface area contributed by atoms with Gasteiger partial charge in [0.05, 0.1) is 6.54 Å². The van der Waals surface area contributed by atoms with Crippen LogP contribution in [0.2, 0.25) is 0 Å². The van der Waals surface area contributed by atoms with E-state index >= 15 is 0 Å². The monoisotopic (exact) mass is 248 g/mol. The summed E-state index contributed by atoms with van der Waals surface area (Å²) in [5.41, 5.74) is 1.23. The molecule has 2 aromatic rings. The van der Waals surface area contributed by atoms with E-state index in [0.717, 1.165) is 37.6 Å². The maximum absolute atomic E-state index is 5.18. The molecule has 0 amide bonds. The maximum atomic E-state index is 5.18. The Labute approximate surface area is 107 Å². The Bertz CT molecular complexity index is 475. The van der Waals surface area contributed by atoms with Crippen molar-refractivity contribution < 1.29 is 4.52 Å². The number of nitrogens with zero attached hydrogens (tertiary/aromatic N) is 3. The SMILES string of the molecule is CCCc1nc(Cn2cccc2CNCC)no1. The number of rotatable bonds is 7. The highest BCUT2D eigenvalue weighted by molar-refractivity contribution is 5.08. The van der Waals surface area contributed by atoms with Crippen LogP contribution in [0.4, 0.5) is 0 Å². The summed E-state index contributed by atoms with van der Waals surface area (Å²) in [6.45, 7) is 6.70. The van der Waals surface area contributed by atoms with E-state index in [4.69, 9.17) is 4.52 Å². The lowest BCUT2D eigenvalue weighted by atomic mass is 10.3. The van der Waals surface area contributed by atoms with Crippen LogP contribution >= 0.6 is 0 Å². The molecule has 0 aliphatic heterocycles. The molecular formula is C13H20N4O. The lowest BCUT2D eigenvalue weighted by Gasteiger charge is -2.06. The van der Waals surface area contributed by atoms with Gasteiger partial charge in [-0.05, 0) is 25.1 Å². The van der Waals surface area contributed by atoms with Crippen LogP contribution in [0, 0.1) is 0 Å². The summed E-state index contributed by atoms with van der Waals surface area (Å²) in [4.78, 5) is 4.38. The van der Waals surface area contributed by atoms with Gasteiger partial charge >= 0.3 is 0 Å². The van der Waals surface area contributed by atoms with E-state index in [1.807, 2.05) is 12.3 Å². The summed E-state index contributed by atoms with van der Waals surface area (Å²) < 4.78 is 7.33. The number of aryl methyl sites for hydroxylation is 1. The molecular weight excluding hydrogens is 228 g/mol. The van der Waals surface area contributed by atoms with Crippen LogP contribution in [-0.4, -0.2) is 21.3 Å². The van der Waals surface area contributed by atoms with Gasteiger partial charge in [0.1, 0.15) is 0 Å². The minimum atomic E-state index is 0.668. The second-order valence-corrected chi connectivity index (χ2v) is 4.26. The van der Waals surface area contributed by atoms with Crippen molar-refractivity contribution in [1.82, 2.24) is 20.0 Å².